The molecular formula is C17H27NO5. The monoisotopic (exact) mass is 325 g/mol. The number of carbonyl (C=O) groups excluding carboxylic acids is 3. The van der Waals surface area contributed by atoms with E-state index in [1.54, 1.807) is 27.7 Å². The molecule has 0 radical (unpaired) electrons. The molecule has 6 heteroatoms. The molecule has 1 aliphatic carbocycles. The lowest BCUT2D eigenvalue weighted by Crippen LogP contribution is -2.56. The van der Waals surface area contributed by atoms with E-state index in [0.29, 0.717) is 25.8 Å². The van der Waals surface area contributed by atoms with Gasteiger partial charge < -0.3 is 9.47 Å². The Morgan fingerprint density at radius 1 is 1.26 bits per heavy atom. The lowest BCUT2D eigenvalue weighted by atomic mass is 9.72. The molecule has 1 saturated heterocycles. The summed E-state index contributed by atoms with van der Waals surface area (Å²) >= 11 is 0. The quantitative estimate of drug-likeness (QED) is 0.730. The fraction of sp³-hybridized carbons (Fsp3) is 0.824. The molecule has 6 nitrogen and oxygen atoms in total. The molecule has 0 spiro atoms. The minimum atomic E-state index is -0.656. The SMILES string of the molecule is CCOC(=O)C1CC2CC(=O)CCC2CN1C(=O)OC(C)(C)C. The van der Waals surface area contributed by atoms with Gasteiger partial charge in [0.25, 0.3) is 0 Å². The number of amides is 1. The third-order valence-electron chi connectivity index (χ3n) is 4.47. The number of fused-ring (bicyclic) bond motifs is 1. The first kappa shape index (κ1) is 17.8. The molecule has 130 valence electrons. The second kappa shape index (κ2) is 6.89. The Morgan fingerprint density at radius 3 is 2.57 bits per heavy atom. The van der Waals surface area contributed by atoms with Crippen molar-refractivity contribution in [1.29, 1.82) is 0 Å². The van der Waals surface area contributed by atoms with Gasteiger partial charge in [-0.3, -0.25) is 9.69 Å². The highest BCUT2D eigenvalue weighted by molar-refractivity contribution is 5.83. The van der Waals surface area contributed by atoms with E-state index < -0.39 is 23.7 Å². The second-order valence-electron chi connectivity index (χ2n) is 7.44. The number of likely N-dealkylation sites (tertiary alicyclic amines) is 1. The first-order chi connectivity index (χ1) is 10.7. The van der Waals surface area contributed by atoms with Crippen molar-refractivity contribution in [3.8, 4) is 0 Å². The third-order valence-corrected chi connectivity index (χ3v) is 4.47. The second-order valence-corrected chi connectivity index (χ2v) is 7.44. The first-order valence-corrected chi connectivity index (χ1v) is 8.39. The van der Waals surface area contributed by atoms with Crippen molar-refractivity contribution in [2.45, 2.75) is 65.0 Å². The zero-order chi connectivity index (χ0) is 17.2. The number of esters is 1. The van der Waals surface area contributed by atoms with Crippen LogP contribution >= 0.6 is 0 Å². The van der Waals surface area contributed by atoms with Crippen LogP contribution in [0.25, 0.3) is 0 Å². The molecule has 1 amide bonds. The van der Waals surface area contributed by atoms with Gasteiger partial charge in [0, 0.05) is 19.4 Å². The van der Waals surface area contributed by atoms with Crippen molar-refractivity contribution in [1.82, 2.24) is 4.90 Å². The smallest absolute Gasteiger partial charge is 0.411 e. The van der Waals surface area contributed by atoms with Crippen LogP contribution in [0.15, 0.2) is 0 Å². The molecule has 1 heterocycles. The van der Waals surface area contributed by atoms with Crippen molar-refractivity contribution in [2.24, 2.45) is 11.8 Å². The van der Waals surface area contributed by atoms with Crippen molar-refractivity contribution in [3.05, 3.63) is 0 Å². The lowest BCUT2D eigenvalue weighted by molar-refractivity contribution is -0.153. The largest absolute Gasteiger partial charge is 0.464 e. The van der Waals surface area contributed by atoms with E-state index in [1.165, 1.54) is 4.90 Å². The summed E-state index contributed by atoms with van der Waals surface area (Å²) in [5, 5.41) is 0. The Balaban J connectivity index is 2.16. The van der Waals surface area contributed by atoms with Crippen LogP contribution in [-0.4, -0.2) is 47.5 Å². The van der Waals surface area contributed by atoms with Crippen LogP contribution in [0.5, 0.6) is 0 Å². The van der Waals surface area contributed by atoms with Crippen molar-refractivity contribution in [2.75, 3.05) is 13.2 Å². The highest BCUT2D eigenvalue weighted by Crippen LogP contribution is 2.38. The van der Waals surface area contributed by atoms with Gasteiger partial charge in [-0.25, -0.2) is 9.59 Å². The Hall–Kier alpha value is -1.59. The molecular weight excluding hydrogens is 298 g/mol. The van der Waals surface area contributed by atoms with E-state index in [0.717, 1.165) is 6.42 Å². The predicted octanol–water partition coefficient (Wildman–Crippen LogP) is 2.54. The van der Waals surface area contributed by atoms with Crippen LogP contribution in [0.3, 0.4) is 0 Å². The van der Waals surface area contributed by atoms with E-state index in [1.807, 2.05) is 0 Å². The molecule has 0 aromatic carbocycles. The van der Waals surface area contributed by atoms with E-state index >= 15 is 0 Å². The van der Waals surface area contributed by atoms with Gasteiger partial charge in [-0.15, -0.1) is 0 Å². The summed E-state index contributed by atoms with van der Waals surface area (Å²) in [7, 11) is 0. The summed E-state index contributed by atoms with van der Waals surface area (Å²) in [6, 6.07) is -0.656. The average Bonchev–Trinajstić information content (AvgIpc) is 2.44. The maximum atomic E-state index is 12.5. The predicted molar refractivity (Wildman–Crippen MR) is 83.8 cm³/mol. The fourth-order valence-electron chi connectivity index (χ4n) is 3.44. The van der Waals surface area contributed by atoms with Gasteiger partial charge in [-0.2, -0.15) is 0 Å². The van der Waals surface area contributed by atoms with E-state index in [-0.39, 0.29) is 24.2 Å². The highest BCUT2D eigenvalue weighted by Gasteiger charge is 2.45. The molecule has 2 rings (SSSR count). The third kappa shape index (κ3) is 4.45. The summed E-state index contributed by atoms with van der Waals surface area (Å²) in [4.78, 5) is 38.0. The van der Waals surface area contributed by atoms with Crippen LogP contribution in [0.2, 0.25) is 0 Å². The topological polar surface area (TPSA) is 72.9 Å². The Kier molecular flexibility index (Phi) is 5.32. The van der Waals surface area contributed by atoms with E-state index in [4.69, 9.17) is 9.47 Å². The number of hydrogen-bond acceptors (Lipinski definition) is 5. The molecule has 0 N–H and O–H groups in total. The van der Waals surface area contributed by atoms with Crippen molar-refractivity contribution < 1.29 is 23.9 Å². The van der Waals surface area contributed by atoms with Gasteiger partial charge in [0.1, 0.15) is 17.4 Å². The Bertz CT molecular complexity index is 482. The molecule has 23 heavy (non-hydrogen) atoms. The molecule has 1 saturated carbocycles. The molecule has 2 aliphatic rings. The van der Waals surface area contributed by atoms with Gasteiger partial charge in [-0.1, -0.05) is 0 Å². The van der Waals surface area contributed by atoms with Crippen molar-refractivity contribution >= 4 is 17.8 Å². The number of hydrogen-bond donors (Lipinski definition) is 0. The minimum Gasteiger partial charge on any atom is -0.464 e. The average molecular weight is 325 g/mol. The van der Waals surface area contributed by atoms with Gasteiger partial charge in [-0.05, 0) is 52.4 Å². The van der Waals surface area contributed by atoms with Gasteiger partial charge in [0.05, 0.1) is 6.61 Å². The zero-order valence-electron chi connectivity index (χ0n) is 14.5. The molecule has 1 aliphatic heterocycles. The van der Waals surface area contributed by atoms with Crippen LogP contribution < -0.4 is 0 Å². The van der Waals surface area contributed by atoms with Crippen molar-refractivity contribution in [3.63, 3.8) is 0 Å². The van der Waals surface area contributed by atoms with E-state index in [9.17, 15) is 14.4 Å². The van der Waals surface area contributed by atoms with Crippen LogP contribution in [-0.2, 0) is 19.1 Å². The maximum Gasteiger partial charge on any atom is 0.411 e. The van der Waals surface area contributed by atoms with Crippen LogP contribution in [0.1, 0.15) is 53.4 Å². The summed E-state index contributed by atoms with van der Waals surface area (Å²) in [5.74, 6) is 0.254. The van der Waals surface area contributed by atoms with Gasteiger partial charge in [0.15, 0.2) is 0 Å². The number of piperidine rings is 1. The molecule has 3 atom stereocenters. The minimum absolute atomic E-state index is 0.157. The number of Topliss-reactive ketones (excluding diaryl/α,β-unsaturated/α-hetero) is 1. The van der Waals surface area contributed by atoms with Gasteiger partial charge in [0.2, 0.25) is 0 Å². The molecule has 2 fully saturated rings. The standard InChI is InChI=1S/C17H27NO5/c1-5-22-15(20)14-9-12-8-13(19)7-6-11(12)10-18(14)16(21)23-17(2,3)4/h11-12,14H,5-10H2,1-4H3. The first-order valence-electron chi connectivity index (χ1n) is 8.39. The zero-order valence-corrected chi connectivity index (χ0v) is 14.5. The summed E-state index contributed by atoms with van der Waals surface area (Å²) in [6.45, 7) is 7.87. The van der Waals surface area contributed by atoms with Crippen LogP contribution in [0, 0.1) is 11.8 Å². The Labute approximate surface area is 137 Å². The fourth-order valence-corrected chi connectivity index (χ4v) is 3.44. The molecule has 0 bridgehead atoms. The lowest BCUT2D eigenvalue weighted by Gasteiger charge is -2.44. The molecule has 0 aromatic rings. The summed E-state index contributed by atoms with van der Waals surface area (Å²) in [5.41, 5.74) is -0.615. The number of nitrogens with zero attached hydrogens (tertiary/aromatic N) is 1. The maximum absolute atomic E-state index is 12.5. The normalized spacial score (nSPS) is 28.1. The highest BCUT2D eigenvalue weighted by atomic mass is 16.6. The van der Waals surface area contributed by atoms with Crippen LogP contribution in [0.4, 0.5) is 4.79 Å². The summed E-state index contributed by atoms with van der Waals surface area (Å²) < 4.78 is 10.6. The molecule has 3 unspecified atom stereocenters. The summed E-state index contributed by atoms with van der Waals surface area (Å²) in [6.07, 6.45) is 1.84. The molecule has 0 aromatic heterocycles. The number of rotatable bonds is 2. The van der Waals surface area contributed by atoms with Gasteiger partial charge >= 0.3 is 12.1 Å². The number of carbonyl (C=O) groups is 3. The number of ketones is 1. The van der Waals surface area contributed by atoms with E-state index in [2.05, 4.69) is 0 Å². The Morgan fingerprint density at radius 2 is 1.96 bits per heavy atom. The number of ether oxygens (including phenoxy) is 2.